The smallest absolute Gasteiger partial charge is 0.324 e. The van der Waals surface area contributed by atoms with Crippen molar-refractivity contribution in [3.8, 4) is 56.0 Å². The minimum absolute atomic E-state index is 0.00681. The molecule has 3 aliphatic rings. The number of hydrogen-bond donors (Lipinski definition) is 5. The number of aromatic nitrogens is 1. The summed E-state index contributed by atoms with van der Waals surface area (Å²) < 4.78 is 61.4. The number of likely N-dealkylation sites (N-methyl/N-ethyl adjacent to an activating group) is 1. The fourth-order valence-corrected chi connectivity index (χ4v) is 8.66. The summed E-state index contributed by atoms with van der Waals surface area (Å²) in [4.78, 5) is 37.8. The van der Waals surface area contributed by atoms with Gasteiger partial charge < -0.3 is 40.9 Å². The van der Waals surface area contributed by atoms with Crippen molar-refractivity contribution in [1.29, 1.82) is 0 Å². The topological polar surface area (TPSA) is 137 Å². The third-order valence-electron chi connectivity index (χ3n) is 12.1. The van der Waals surface area contributed by atoms with E-state index < -0.39 is 29.2 Å². The molecular formula is C49H46F4N8O4. The van der Waals surface area contributed by atoms with Crippen LogP contribution in [0.5, 0.6) is 11.5 Å². The molecule has 5 aromatic carbocycles. The number of aromatic hydroxyl groups is 2. The van der Waals surface area contributed by atoms with E-state index in [1.165, 1.54) is 46.2 Å². The summed E-state index contributed by atoms with van der Waals surface area (Å²) in [6.45, 7) is 6.02. The third-order valence-corrected chi connectivity index (χ3v) is 12.1. The monoisotopic (exact) mass is 886 g/mol. The number of carbonyl (C=O) groups is 2. The van der Waals surface area contributed by atoms with Crippen molar-refractivity contribution >= 4 is 34.8 Å². The second-order valence-electron chi connectivity index (χ2n) is 16.3. The van der Waals surface area contributed by atoms with Crippen LogP contribution in [0.15, 0.2) is 97.1 Å². The van der Waals surface area contributed by atoms with Gasteiger partial charge in [-0.05, 0) is 82.9 Å². The highest BCUT2D eigenvalue weighted by Crippen LogP contribution is 2.43. The van der Waals surface area contributed by atoms with Gasteiger partial charge in [0.15, 0.2) is 0 Å². The molecule has 4 heterocycles. The molecule has 12 nitrogen and oxygen atoms in total. The molecule has 334 valence electrons. The highest BCUT2D eigenvalue weighted by atomic mass is 19.1. The van der Waals surface area contributed by atoms with Crippen molar-refractivity contribution in [2.45, 2.75) is 6.42 Å². The number of phenolic OH excluding ortho intramolecular Hbond substituents is 2. The summed E-state index contributed by atoms with van der Waals surface area (Å²) in [5.74, 6) is -3.04. The molecule has 1 aromatic heterocycles. The van der Waals surface area contributed by atoms with Gasteiger partial charge in [0.1, 0.15) is 40.6 Å². The summed E-state index contributed by atoms with van der Waals surface area (Å²) >= 11 is 0. The van der Waals surface area contributed by atoms with E-state index in [4.69, 9.17) is 4.98 Å². The molecule has 16 heteroatoms. The summed E-state index contributed by atoms with van der Waals surface area (Å²) in [6.07, 6.45) is -0.271. The lowest BCUT2D eigenvalue weighted by atomic mass is 9.96. The summed E-state index contributed by atoms with van der Waals surface area (Å²) in [7, 11) is 1.66. The van der Waals surface area contributed by atoms with Crippen LogP contribution in [0.4, 0.5) is 45.2 Å². The Morgan fingerprint density at radius 2 is 1.23 bits per heavy atom. The molecule has 5 N–H and O–H groups in total. The van der Waals surface area contributed by atoms with Crippen LogP contribution in [0.25, 0.3) is 44.5 Å². The summed E-state index contributed by atoms with van der Waals surface area (Å²) in [5.41, 5.74) is 3.02. The predicted molar refractivity (Wildman–Crippen MR) is 243 cm³/mol. The Kier molecular flexibility index (Phi) is 12.0. The molecule has 0 spiro atoms. The van der Waals surface area contributed by atoms with Crippen molar-refractivity contribution in [2.75, 3.05) is 92.5 Å². The summed E-state index contributed by atoms with van der Waals surface area (Å²) in [5, 5.41) is 32.3. The molecule has 3 saturated heterocycles. The molecule has 6 aromatic rings. The Labute approximate surface area is 372 Å². The molecule has 0 bridgehead atoms. The number of urea groups is 1. The van der Waals surface area contributed by atoms with Crippen LogP contribution in [-0.2, 0) is 11.2 Å². The predicted octanol–water partition coefficient (Wildman–Crippen LogP) is 7.59. The lowest BCUT2D eigenvalue weighted by Gasteiger charge is -2.30. The molecule has 0 radical (unpaired) electrons. The molecule has 65 heavy (non-hydrogen) atoms. The second-order valence-corrected chi connectivity index (χ2v) is 16.3. The Morgan fingerprint density at radius 1 is 0.631 bits per heavy atom. The lowest BCUT2D eigenvalue weighted by Crippen LogP contribution is -2.44. The van der Waals surface area contributed by atoms with Gasteiger partial charge in [-0.1, -0.05) is 36.4 Å². The lowest BCUT2D eigenvalue weighted by molar-refractivity contribution is -0.115. The third kappa shape index (κ3) is 8.86. The average Bonchev–Trinajstić information content (AvgIpc) is 3.64. The van der Waals surface area contributed by atoms with Gasteiger partial charge in [0.05, 0.1) is 29.2 Å². The molecule has 0 unspecified atom stereocenters. The van der Waals surface area contributed by atoms with Crippen LogP contribution in [0.1, 0.15) is 5.69 Å². The SMILES string of the molecule is CN1CCN(c2ccc(-c3cccc(-c4cc(CC(=O)Nc5ccc(-c6cc(F)cc(-c7ccc(F)c(N8CCNCC8)c7)c6O)cc5F)nc(N5CCNCC5)c4)c3O)cc2F)C1=O. The van der Waals surface area contributed by atoms with E-state index in [9.17, 15) is 24.2 Å². The van der Waals surface area contributed by atoms with Gasteiger partial charge in [-0.2, -0.15) is 0 Å². The van der Waals surface area contributed by atoms with Crippen molar-refractivity contribution in [1.82, 2.24) is 20.5 Å². The number of nitrogens with one attached hydrogen (secondary N) is 3. The van der Waals surface area contributed by atoms with Crippen LogP contribution in [0.2, 0.25) is 0 Å². The molecular weight excluding hydrogens is 841 g/mol. The number of benzene rings is 5. The zero-order chi connectivity index (χ0) is 45.4. The van der Waals surface area contributed by atoms with Crippen molar-refractivity contribution in [3.05, 3.63) is 126 Å². The van der Waals surface area contributed by atoms with Crippen LogP contribution < -0.4 is 30.7 Å². The largest absolute Gasteiger partial charge is 0.507 e. The van der Waals surface area contributed by atoms with E-state index in [2.05, 4.69) is 20.9 Å². The maximum absolute atomic E-state index is 15.8. The molecule has 3 aliphatic heterocycles. The fraction of sp³-hybridized carbons (Fsp3) is 0.245. The highest BCUT2D eigenvalue weighted by Gasteiger charge is 2.29. The Balaban J connectivity index is 0.966. The quantitative estimate of drug-likeness (QED) is 0.0883. The van der Waals surface area contributed by atoms with Gasteiger partial charge in [0.25, 0.3) is 0 Å². The number of carbonyl (C=O) groups excluding carboxylic acids is 2. The van der Waals surface area contributed by atoms with Crippen LogP contribution >= 0.6 is 0 Å². The maximum Gasteiger partial charge on any atom is 0.324 e. The first-order valence-electron chi connectivity index (χ1n) is 21.4. The second kappa shape index (κ2) is 18.1. The number of pyridine rings is 1. The van der Waals surface area contributed by atoms with Gasteiger partial charge in [-0.15, -0.1) is 0 Å². The molecule has 9 rings (SSSR count). The minimum atomic E-state index is -0.836. The van der Waals surface area contributed by atoms with Crippen molar-refractivity contribution in [3.63, 3.8) is 0 Å². The number of piperazine rings is 2. The molecule has 3 fully saturated rings. The van der Waals surface area contributed by atoms with Gasteiger partial charge in [0.2, 0.25) is 5.91 Å². The van der Waals surface area contributed by atoms with Crippen molar-refractivity contribution < 1.29 is 37.4 Å². The number of anilines is 4. The molecule has 0 aliphatic carbocycles. The van der Waals surface area contributed by atoms with E-state index in [1.807, 2.05) is 11.0 Å². The van der Waals surface area contributed by atoms with Crippen LogP contribution in [0.3, 0.4) is 0 Å². The van der Waals surface area contributed by atoms with E-state index in [0.717, 1.165) is 18.2 Å². The fourth-order valence-electron chi connectivity index (χ4n) is 8.66. The number of halogens is 4. The number of para-hydroxylation sites is 1. The normalized spacial score (nSPS) is 15.5. The first kappa shape index (κ1) is 43.1. The zero-order valence-electron chi connectivity index (χ0n) is 35.5. The number of amides is 3. The number of phenols is 2. The van der Waals surface area contributed by atoms with Crippen LogP contribution in [0, 0.1) is 23.3 Å². The Morgan fingerprint density at radius 3 is 1.89 bits per heavy atom. The molecule has 3 amide bonds. The molecule has 0 atom stereocenters. The van der Waals surface area contributed by atoms with Crippen molar-refractivity contribution in [2.24, 2.45) is 0 Å². The van der Waals surface area contributed by atoms with E-state index in [-0.39, 0.29) is 52.0 Å². The van der Waals surface area contributed by atoms with Gasteiger partial charge >= 0.3 is 6.03 Å². The number of hydrogen-bond acceptors (Lipinski definition) is 9. The number of rotatable bonds is 10. The minimum Gasteiger partial charge on any atom is -0.507 e. The van der Waals surface area contributed by atoms with Crippen LogP contribution in [-0.4, -0.2) is 105 Å². The van der Waals surface area contributed by atoms with Gasteiger partial charge in [0, 0.05) is 94.7 Å². The number of nitrogens with zero attached hydrogens (tertiary/aromatic N) is 5. The van der Waals surface area contributed by atoms with Gasteiger partial charge in [-0.25, -0.2) is 27.3 Å². The van der Waals surface area contributed by atoms with E-state index in [1.54, 1.807) is 43.4 Å². The van der Waals surface area contributed by atoms with E-state index >= 15 is 13.2 Å². The van der Waals surface area contributed by atoms with E-state index in [0.29, 0.717) is 110 Å². The summed E-state index contributed by atoms with van der Waals surface area (Å²) in [6, 6.07) is 23.2. The van der Waals surface area contributed by atoms with Gasteiger partial charge in [-0.3, -0.25) is 9.69 Å². The first-order chi connectivity index (χ1) is 31.4. The zero-order valence-corrected chi connectivity index (χ0v) is 35.5. The average molecular weight is 887 g/mol. The standard InChI is InChI=1S/C49H46F4N8O4/c1-58-19-20-61(49(58)65)43-10-7-29(23-41(43)53)35-3-2-4-36(47(35)63)32-21-34(56-45(25-32)60-17-13-55-14-18-60)28-46(62)57-42-9-6-30(22-40(42)52)37-26-33(50)27-38(48(37)64)31-5-8-39(51)44(24-31)59-15-11-54-12-16-59/h2-10,21-27,54-55,63-64H,11-20,28H2,1H3,(H,57,62). The highest BCUT2D eigenvalue weighted by molar-refractivity contribution is 5.95. The Bertz CT molecular complexity index is 2810. The Hall–Kier alpha value is -7.17. The first-order valence-corrected chi connectivity index (χ1v) is 21.4. The maximum atomic E-state index is 15.8. The molecule has 0 saturated carbocycles.